The number of hydrogen-bond acceptors (Lipinski definition) is 3. The standard InChI is InChI=1S/C25H34ClNO2/c1-17-9-8-10-18(2)27(17)23(28)25(5,29)24(3,4)22-12-7-6-11-21(22)19-13-15-20(26)16-14-19/h6-7,11-18,23,28-29H,8-10H2,1-5H3. The van der Waals surface area contributed by atoms with E-state index in [4.69, 9.17) is 11.6 Å². The molecular formula is C25H34ClNO2. The van der Waals surface area contributed by atoms with Crippen LogP contribution in [0, 0.1) is 0 Å². The quantitative estimate of drug-likeness (QED) is 0.666. The molecule has 29 heavy (non-hydrogen) atoms. The molecule has 1 heterocycles. The van der Waals surface area contributed by atoms with Crippen LogP contribution in [0.4, 0.5) is 0 Å². The van der Waals surface area contributed by atoms with Gasteiger partial charge in [-0.15, -0.1) is 0 Å². The number of aliphatic hydroxyl groups is 2. The molecule has 0 aliphatic carbocycles. The van der Waals surface area contributed by atoms with Gasteiger partial charge in [0.15, 0.2) is 0 Å². The van der Waals surface area contributed by atoms with Crippen molar-refractivity contribution in [2.24, 2.45) is 0 Å². The van der Waals surface area contributed by atoms with Gasteiger partial charge in [-0.1, -0.05) is 68.3 Å². The molecule has 3 rings (SSSR count). The average molecular weight is 416 g/mol. The molecule has 4 unspecified atom stereocenters. The van der Waals surface area contributed by atoms with E-state index in [1.54, 1.807) is 6.92 Å². The molecule has 3 nitrogen and oxygen atoms in total. The van der Waals surface area contributed by atoms with Gasteiger partial charge in [0.1, 0.15) is 11.8 Å². The van der Waals surface area contributed by atoms with Gasteiger partial charge in [-0.05, 0) is 62.4 Å². The van der Waals surface area contributed by atoms with E-state index in [1.165, 1.54) is 0 Å². The molecule has 2 aromatic rings. The van der Waals surface area contributed by atoms with Crippen molar-refractivity contribution >= 4 is 11.6 Å². The van der Waals surface area contributed by atoms with Gasteiger partial charge in [0.2, 0.25) is 0 Å². The van der Waals surface area contributed by atoms with E-state index < -0.39 is 17.2 Å². The van der Waals surface area contributed by atoms with Crippen LogP contribution in [-0.4, -0.2) is 39.0 Å². The Labute approximate surface area is 180 Å². The molecule has 1 aliphatic heterocycles. The highest BCUT2D eigenvalue weighted by Gasteiger charge is 2.51. The largest absolute Gasteiger partial charge is 0.385 e. The number of piperidine rings is 1. The molecule has 1 saturated heterocycles. The minimum absolute atomic E-state index is 0.238. The van der Waals surface area contributed by atoms with Crippen LogP contribution < -0.4 is 0 Å². The molecule has 2 N–H and O–H groups in total. The zero-order valence-electron chi connectivity index (χ0n) is 18.2. The van der Waals surface area contributed by atoms with Crippen molar-refractivity contribution in [2.75, 3.05) is 0 Å². The Bertz CT molecular complexity index is 821. The first kappa shape index (κ1) is 22.3. The molecule has 2 aromatic carbocycles. The Balaban J connectivity index is 2.02. The first-order chi connectivity index (χ1) is 13.6. The lowest BCUT2D eigenvalue weighted by molar-refractivity contribution is -0.195. The molecule has 1 fully saturated rings. The summed E-state index contributed by atoms with van der Waals surface area (Å²) in [6.45, 7) is 10.1. The molecule has 4 atom stereocenters. The Kier molecular flexibility index (Phi) is 6.45. The minimum Gasteiger partial charge on any atom is -0.385 e. The van der Waals surface area contributed by atoms with Gasteiger partial charge in [0.05, 0.1) is 0 Å². The predicted molar refractivity (Wildman–Crippen MR) is 121 cm³/mol. The highest BCUT2D eigenvalue weighted by molar-refractivity contribution is 6.30. The Morgan fingerprint density at radius 1 is 0.966 bits per heavy atom. The van der Waals surface area contributed by atoms with Crippen LogP contribution in [0.25, 0.3) is 11.1 Å². The molecule has 0 aromatic heterocycles. The van der Waals surface area contributed by atoms with Gasteiger partial charge in [-0.2, -0.15) is 0 Å². The van der Waals surface area contributed by atoms with Crippen molar-refractivity contribution in [1.29, 1.82) is 0 Å². The monoisotopic (exact) mass is 415 g/mol. The highest BCUT2D eigenvalue weighted by Crippen LogP contribution is 2.44. The number of benzene rings is 2. The van der Waals surface area contributed by atoms with Gasteiger partial charge in [-0.25, -0.2) is 0 Å². The van der Waals surface area contributed by atoms with Crippen LogP contribution in [0.3, 0.4) is 0 Å². The fraction of sp³-hybridized carbons (Fsp3) is 0.520. The summed E-state index contributed by atoms with van der Waals surface area (Å²) in [5.41, 5.74) is 1.04. The fourth-order valence-electron chi connectivity index (χ4n) is 4.72. The summed E-state index contributed by atoms with van der Waals surface area (Å²) in [5.74, 6) is 0. The summed E-state index contributed by atoms with van der Waals surface area (Å²) in [5, 5.41) is 23.8. The van der Waals surface area contributed by atoms with Crippen molar-refractivity contribution < 1.29 is 10.2 Å². The van der Waals surface area contributed by atoms with Gasteiger partial charge in [-0.3, -0.25) is 4.90 Å². The van der Waals surface area contributed by atoms with Crippen LogP contribution in [0.15, 0.2) is 48.5 Å². The lowest BCUT2D eigenvalue weighted by atomic mass is 9.67. The summed E-state index contributed by atoms with van der Waals surface area (Å²) < 4.78 is 0. The number of likely N-dealkylation sites (tertiary alicyclic amines) is 1. The minimum atomic E-state index is -1.35. The van der Waals surface area contributed by atoms with Crippen LogP contribution >= 0.6 is 11.6 Å². The second kappa shape index (κ2) is 8.39. The van der Waals surface area contributed by atoms with E-state index in [-0.39, 0.29) is 12.1 Å². The molecule has 0 spiro atoms. The third-order valence-electron chi connectivity index (χ3n) is 7.07. The Hall–Kier alpha value is -1.39. The first-order valence-corrected chi connectivity index (χ1v) is 11.0. The normalized spacial score (nSPS) is 24.1. The van der Waals surface area contributed by atoms with Crippen molar-refractivity contribution in [1.82, 2.24) is 4.90 Å². The molecule has 4 heteroatoms. The third-order valence-corrected chi connectivity index (χ3v) is 7.32. The van der Waals surface area contributed by atoms with E-state index in [2.05, 4.69) is 24.8 Å². The maximum absolute atomic E-state index is 11.8. The van der Waals surface area contributed by atoms with Crippen molar-refractivity contribution in [2.45, 2.75) is 83.2 Å². The van der Waals surface area contributed by atoms with E-state index in [9.17, 15) is 10.2 Å². The molecule has 0 radical (unpaired) electrons. The summed E-state index contributed by atoms with van der Waals surface area (Å²) in [6, 6.07) is 16.3. The summed E-state index contributed by atoms with van der Waals surface area (Å²) in [6.07, 6.45) is 2.29. The Morgan fingerprint density at radius 3 is 2.10 bits per heavy atom. The van der Waals surface area contributed by atoms with Crippen molar-refractivity contribution in [3.8, 4) is 11.1 Å². The second-order valence-electron chi connectivity index (χ2n) is 9.27. The topological polar surface area (TPSA) is 43.7 Å². The van der Waals surface area contributed by atoms with E-state index in [0.717, 1.165) is 36.0 Å². The predicted octanol–water partition coefficient (Wildman–Crippen LogP) is 5.62. The molecule has 0 amide bonds. The number of rotatable bonds is 5. The van der Waals surface area contributed by atoms with E-state index >= 15 is 0 Å². The Morgan fingerprint density at radius 2 is 1.52 bits per heavy atom. The van der Waals surface area contributed by atoms with Gasteiger partial charge < -0.3 is 10.2 Å². The van der Waals surface area contributed by atoms with Crippen molar-refractivity contribution in [3.05, 3.63) is 59.1 Å². The first-order valence-electron chi connectivity index (χ1n) is 10.6. The highest BCUT2D eigenvalue weighted by atomic mass is 35.5. The van der Waals surface area contributed by atoms with Gasteiger partial charge in [0, 0.05) is 22.5 Å². The van der Waals surface area contributed by atoms with E-state index in [0.29, 0.717) is 5.02 Å². The smallest absolute Gasteiger partial charge is 0.137 e. The maximum Gasteiger partial charge on any atom is 0.137 e. The zero-order valence-corrected chi connectivity index (χ0v) is 18.9. The fourth-order valence-corrected chi connectivity index (χ4v) is 4.84. The second-order valence-corrected chi connectivity index (χ2v) is 9.71. The zero-order chi connectivity index (χ0) is 21.4. The van der Waals surface area contributed by atoms with Gasteiger partial charge >= 0.3 is 0 Å². The van der Waals surface area contributed by atoms with Gasteiger partial charge in [0.25, 0.3) is 0 Å². The lowest BCUT2D eigenvalue weighted by Crippen LogP contribution is -2.64. The third kappa shape index (κ3) is 4.11. The van der Waals surface area contributed by atoms with E-state index in [1.807, 2.05) is 56.3 Å². The SMILES string of the molecule is CC1CCCC(C)N1C(O)C(C)(O)C(C)(C)c1ccccc1-c1ccc(Cl)cc1. The maximum atomic E-state index is 11.8. The molecule has 0 bridgehead atoms. The molecule has 0 saturated carbocycles. The van der Waals surface area contributed by atoms with Crippen LogP contribution in [0.5, 0.6) is 0 Å². The van der Waals surface area contributed by atoms with Crippen LogP contribution in [-0.2, 0) is 5.41 Å². The van der Waals surface area contributed by atoms with Crippen LogP contribution in [0.1, 0.15) is 59.4 Å². The number of halogens is 1. The summed E-state index contributed by atoms with van der Waals surface area (Å²) in [4.78, 5) is 2.09. The van der Waals surface area contributed by atoms with Crippen molar-refractivity contribution in [3.63, 3.8) is 0 Å². The molecular weight excluding hydrogens is 382 g/mol. The molecule has 158 valence electrons. The average Bonchev–Trinajstić information content (AvgIpc) is 2.68. The number of nitrogens with zero attached hydrogens (tertiary/aromatic N) is 1. The summed E-state index contributed by atoms with van der Waals surface area (Å²) in [7, 11) is 0. The number of hydrogen-bond donors (Lipinski definition) is 2. The summed E-state index contributed by atoms with van der Waals surface area (Å²) >= 11 is 6.08. The van der Waals surface area contributed by atoms with Crippen LogP contribution in [0.2, 0.25) is 5.02 Å². The number of aliphatic hydroxyl groups excluding tert-OH is 1. The molecule has 1 aliphatic rings. The lowest BCUT2D eigenvalue weighted by Gasteiger charge is -2.52.